The second kappa shape index (κ2) is 4.13. The van der Waals surface area contributed by atoms with Crippen molar-refractivity contribution >= 4 is 16.9 Å². The van der Waals surface area contributed by atoms with E-state index in [4.69, 9.17) is 0 Å². The number of carbonyl (C=O) groups excluding carboxylic acids is 1. The molecule has 0 aliphatic rings. The van der Waals surface area contributed by atoms with Crippen LogP contribution in [0, 0.1) is 0 Å². The average Bonchev–Trinajstić information content (AvgIpc) is 2.06. The first-order valence-electron chi connectivity index (χ1n) is 3.14. The van der Waals surface area contributed by atoms with Crippen LogP contribution in [0.15, 0.2) is 35.2 Å². The summed E-state index contributed by atoms with van der Waals surface area (Å²) in [5.74, 6) is 0. The lowest BCUT2D eigenvalue weighted by atomic mass is 10.4. The Labute approximate surface area is 68.6 Å². The first kappa shape index (κ1) is 8.27. The van der Waals surface area contributed by atoms with Crippen molar-refractivity contribution < 1.29 is 9.18 Å². The smallest absolute Gasteiger partial charge is 0.224 e. The molecule has 0 saturated heterocycles. The van der Waals surface area contributed by atoms with Crippen molar-refractivity contribution in [3.8, 4) is 0 Å². The van der Waals surface area contributed by atoms with Gasteiger partial charge in [-0.25, -0.2) is 4.39 Å². The molecule has 0 atom stereocenters. The lowest BCUT2D eigenvalue weighted by Crippen LogP contribution is -1.91. The Morgan fingerprint density at radius 3 is 2.55 bits per heavy atom. The number of carbonyl (C=O) groups is 1. The maximum absolute atomic E-state index is 11.7. The van der Waals surface area contributed by atoms with Crippen molar-refractivity contribution in [3.05, 3.63) is 30.3 Å². The lowest BCUT2D eigenvalue weighted by molar-refractivity contribution is -0.111. The molecule has 0 aliphatic carbocycles. The summed E-state index contributed by atoms with van der Waals surface area (Å²) >= 11 is 0.930. The third-order valence-electron chi connectivity index (χ3n) is 1.08. The SMILES string of the molecule is O=C(CF)Sc1ccccc1. The molecule has 0 fully saturated rings. The molecule has 3 heteroatoms. The van der Waals surface area contributed by atoms with E-state index in [0.29, 0.717) is 0 Å². The molecule has 0 heterocycles. The van der Waals surface area contributed by atoms with E-state index in [1.54, 1.807) is 12.1 Å². The minimum atomic E-state index is -0.903. The number of hydrogen-bond donors (Lipinski definition) is 0. The van der Waals surface area contributed by atoms with E-state index < -0.39 is 11.8 Å². The van der Waals surface area contributed by atoms with Gasteiger partial charge in [-0.2, -0.15) is 0 Å². The summed E-state index contributed by atoms with van der Waals surface area (Å²) < 4.78 is 11.7. The highest BCUT2D eigenvalue weighted by Crippen LogP contribution is 2.17. The van der Waals surface area contributed by atoms with Crippen LogP contribution in [0.3, 0.4) is 0 Å². The summed E-state index contributed by atoms with van der Waals surface area (Å²) in [6, 6.07) is 9.03. The van der Waals surface area contributed by atoms with E-state index in [9.17, 15) is 9.18 Å². The molecule has 1 aromatic rings. The number of benzene rings is 1. The largest absolute Gasteiger partial charge is 0.284 e. The highest BCUT2D eigenvalue weighted by atomic mass is 32.2. The van der Waals surface area contributed by atoms with Crippen LogP contribution in [0.25, 0.3) is 0 Å². The van der Waals surface area contributed by atoms with Gasteiger partial charge >= 0.3 is 0 Å². The molecule has 58 valence electrons. The highest BCUT2D eigenvalue weighted by Gasteiger charge is 2.01. The zero-order valence-corrected chi connectivity index (χ0v) is 6.60. The fourth-order valence-corrected chi connectivity index (χ4v) is 1.26. The second-order valence-corrected chi connectivity index (χ2v) is 3.05. The van der Waals surface area contributed by atoms with Crippen molar-refractivity contribution in [1.82, 2.24) is 0 Å². The molecule has 0 radical (unpaired) electrons. The van der Waals surface area contributed by atoms with Crippen molar-refractivity contribution in [2.45, 2.75) is 4.90 Å². The molecule has 11 heavy (non-hydrogen) atoms. The maximum Gasteiger partial charge on any atom is 0.224 e. The standard InChI is InChI=1S/C8H7FOS/c9-6-8(10)11-7-4-2-1-3-5-7/h1-5H,6H2. The van der Waals surface area contributed by atoms with Crippen LogP contribution in [-0.2, 0) is 4.79 Å². The summed E-state index contributed by atoms with van der Waals surface area (Å²) in [5.41, 5.74) is 0. The molecular formula is C8H7FOS. The summed E-state index contributed by atoms with van der Waals surface area (Å²) in [6.07, 6.45) is 0. The Hall–Kier alpha value is -0.830. The van der Waals surface area contributed by atoms with Gasteiger partial charge in [-0.3, -0.25) is 4.79 Å². The Morgan fingerprint density at radius 1 is 1.36 bits per heavy atom. The number of thioether (sulfide) groups is 1. The van der Waals surface area contributed by atoms with Crippen molar-refractivity contribution in [2.75, 3.05) is 6.67 Å². The fraction of sp³-hybridized carbons (Fsp3) is 0.125. The van der Waals surface area contributed by atoms with Gasteiger partial charge in [-0.1, -0.05) is 18.2 Å². The van der Waals surface area contributed by atoms with E-state index in [-0.39, 0.29) is 0 Å². The van der Waals surface area contributed by atoms with Gasteiger partial charge in [0.2, 0.25) is 5.12 Å². The maximum atomic E-state index is 11.7. The third-order valence-corrected chi connectivity index (χ3v) is 1.93. The molecule has 0 aliphatic heterocycles. The molecule has 0 N–H and O–H groups in total. The zero-order valence-electron chi connectivity index (χ0n) is 5.79. The van der Waals surface area contributed by atoms with Gasteiger partial charge in [0.25, 0.3) is 0 Å². The predicted octanol–water partition coefficient (Wildman–Crippen LogP) is 2.27. The second-order valence-electron chi connectivity index (χ2n) is 1.92. The highest BCUT2D eigenvalue weighted by molar-refractivity contribution is 8.13. The molecule has 0 aromatic heterocycles. The van der Waals surface area contributed by atoms with Gasteiger partial charge in [0.15, 0.2) is 6.67 Å². The molecular weight excluding hydrogens is 163 g/mol. The number of rotatable bonds is 2. The number of alkyl halides is 1. The summed E-state index contributed by atoms with van der Waals surface area (Å²) in [5, 5.41) is -0.448. The fourth-order valence-electron chi connectivity index (χ4n) is 0.647. The van der Waals surface area contributed by atoms with Crippen LogP contribution in [0.1, 0.15) is 0 Å². The summed E-state index contributed by atoms with van der Waals surface area (Å²) in [7, 11) is 0. The van der Waals surface area contributed by atoms with E-state index in [1.807, 2.05) is 18.2 Å². The topological polar surface area (TPSA) is 17.1 Å². The van der Waals surface area contributed by atoms with E-state index >= 15 is 0 Å². The minimum Gasteiger partial charge on any atom is -0.284 e. The molecule has 0 amide bonds. The van der Waals surface area contributed by atoms with Crippen molar-refractivity contribution in [3.63, 3.8) is 0 Å². The van der Waals surface area contributed by atoms with Crippen molar-refractivity contribution in [2.24, 2.45) is 0 Å². The van der Waals surface area contributed by atoms with E-state index in [1.165, 1.54) is 0 Å². The van der Waals surface area contributed by atoms with Crippen LogP contribution in [-0.4, -0.2) is 11.8 Å². The van der Waals surface area contributed by atoms with Gasteiger partial charge in [-0.05, 0) is 23.9 Å². The molecule has 0 unspecified atom stereocenters. The van der Waals surface area contributed by atoms with Gasteiger partial charge in [0.05, 0.1) is 0 Å². The Bertz CT molecular complexity index is 235. The van der Waals surface area contributed by atoms with Gasteiger partial charge in [0.1, 0.15) is 0 Å². The first-order valence-corrected chi connectivity index (χ1v) is 3.96. The third kappa shape index (κ3) is 2.72. The van der Waals surface area contributed by atoms with Gasteiger partial charge in [0, 0.05) is 4.90 Å². The molecule has 0 saturated carbocycles. The van der Waals surface area contributed by atoms with Gasteiger partial charge < -0.3 is 0 Å². The van der Waals surface area contributed by atoms with Gasteiger partial charge in [-0.15, -0.1) is 0 Å². The van der Waals surface area contributed by atoms with Crippen LogP contribution in [0.4, 0.5) is 4.39 Å². The van der Waals surface area contributed by atoms with Crippen LogP contribution in [0.2, 0.25) is 0 Å². The molecule has 0 bridgehead atoms. The summed E-state index contributed by atoms with van der Waals surface area (Å²) in [4.78, 5) is 11.4. The minimum absolute atomic E-state index is 0.448. The number of halogens is 1. The normalized spacial score (nSPS) is 9.55. The predicted molar refractivity (Wildman–Crippen MR) is 43.3 cm³/mol. The summed E-state index contributed by atoms with van der Waals surface area (Å²) in [6.45, 7) is -0.903. The Kier molecular flexibility index (Phi) is 3.11. The molecule has 1 rings (SSSR count). The average molecular weight is 170 g/mol. The quantitative estimate of drug-likeness (QED) is 0.633. The monoisotopic (exact) mass is 170 g/mol. The van der Waals surface area contributed by atoms with Crippen LogP contribution < -0.4 is 0 Å². The Morgan fingerprint density at radius 2 is 2.00 bits per heavy atom. The van der Waals surface area contributed by atoms with Crippen LogP contribution >= 0.6 is 11.8 Å². The van der Waals surface area contributed by atoms with E-state index in [2.05, 4.69) is 0 Å². The Balaban J connectivity index is 2.58. The molecule has 0 spiro atoms. The first-order chi connectivity index (χ1) is 5.33. The lowest BCUT2D eigenvalue weighted by Gasteiger charge is -1.94. The molecule has 1 aromatic carbocycles. The number of hydrogen-bond acceptors (Lipinski definition) is 2. The van der Waals surface area contributed by atoms with Crippen molar-refractivity contribution in [1.29, 1.82) is 0 Å². The van der Waals surface area contributed by atoms with E-state index in [0.717, 1.165) is 16.7 Å². The molecule has 1 nitrogen and oxygen atoms in total. The zero-order chi connectivity index (χ0) is 8.10. The van der Waals surface area contributed by atoms with Crippen LogP contribution in [0.5, 0.6) is 0 Å².